The lowest BCUT2D eigenvalue weighted by atomic mass is 9.93. The van der Waals surface area contributed by atoms with Crippen molar-refractivity contribution in [3.05, 3.63) is 71.3 Å². The van der Waals surface area contributed by atoms with Crippen molar-refractivity contribution >= 4 is 0 Å². The summed E-state index contributed by atoms with van der Waals surface area (Å²) in [6.07, 6.45) is 0.340. The smallest absolute Gasteiger partial charge is 0.104 e. The summed E-state index contributed by atoms with van der Waals surface area (Å²) < 4.78 is 10.7. The molecule has 2 heteroatoms. The SMILES string of the molecule is CC(c1ccccc1)c1ccc(COCC2CO2)cc1. The average Bonchev–Trinajstić information content (AvgIpc) is 3.32. The molecule has 2 atom stereocenters. The minimum Gasteiger partial charge on any atom is -0.374 e. The molecule has 0 aliphatic carbocycles. The van der Waals surface area contributed by atoms with Crippen LogP contribution < -0.4 is 0 Å². The lowest BCUT2D eigenvalue weighted by molar-refractivity contribution is 0.104. The zero-order valence-corrected chi connectivity index (χ0v) is 11.8. The molecule has 2 unspecified atom stereocenters. The van der Waals surface area contributed by atoms with Gasteiger partial charge in [-0.05, 0) is 16.7 Å². The van der Waals surface area contributed by atoms with Crippen LogP contribution in [0.4, 0.5) is 0 Å². The van der Waals surface area contributed by atoms with Crippen LogP contribution >= 0.6 is 0 Å². The van der Waals surface area contributed by atoms with E-state index in [0.717, 1.165) is 6.61 Å². The number of benzene rings is 2. The maximum Gasteiger partial charge on any atom is 0.104 e. The molecule has 0 saturated carbocycles. The van der Waals surface area contributed by atoms with E-state index in [1.807, 2.05) is 0 Å². The third-order valence-electron chi connectivity index (χ3n) is 3.75. The van der Waals surface area contributed by atoms with E-state index in [2.05, 4.69) is 61.5 Å². The number of ether oxygens (including phenoxy) is 2. The molecule has 1 heterocycles. The Hall–Kier alpha value is -1.64. The summed E-state index contributed by atoms with van der Waals surface area (Å²) in [6.45, 7) is 4.47. The van der Waals surface area contributed by atoms with Gasteiger partial charge in [0, 0.05) is 5.92 Å². The molecule has 2 nitrogen and oxygen atoms in total. The fraction of sp³-hybridized carbons (Fsp3) is 0.333. The Morgan fingerprint density at radius 1 is 1.05 bits per heavy atom. The second-order valence-electron chi connectivity index (χ2n) is 5.34. The van der Waals surface area contributed by atoms with E-state index in [4.69, 9.17) is 9.47 Å². The molecule has 0 radical (unpaired) electrons. The minimum absolute atomic E-state index is 0.340. The lowest BCUT2D eigenvalue weighted by Crippen LogP contribution is -2.02. The highest BCUT2D eigenvalue weighted by Gasteiger charge is 2.22. The molecular formula is C18H20O2. The Bertz CT molecular complexity index is 529. The fourth-order valence-corrected chi connectivity index (χ4v) is 2.31. The molecule has 1 aliphatic heterocycles. The quantitative estimate of drug-likeness (QED) is 0.744. The van der Waals surface area contributed by atoms with Crippen molar-refractivity contribution in [3.63, 3.8) is 0 Å². The normalized spacial score (nSPS) is 18.8. The van der Waals surface area contributed by atoms with Crippen LogP contribution in [0.2, 0.25) is 0 Å². The maximum atomic E-state index is 5.60. The van der Waals surface area contributed by atoms with E-state index in [-0.39, 0.29) is 0 Å². The van der Waals surface area contributed by atoms with Crippen LogP contribution in [0, 0.1) is 0 Å². The predicted molar refractivity (Wildman–Crippen MR) is 79.8 cm³/mol. The van der Waals surface area contributed by atoms with Crippen molar-refractivity contribution in [2.75, 3.05) is 13.2 Å². The van der Waals surface area contributed by atoms with E-state index in [1.165, 1.54) is 16.7 Å². The topological polar surface area (TPSA) is 21.8 Å². The second kappa shape index (κ2) is 6.21. The largest absolute Gasteiger partial charge is 0.374 e. The van der Waals surface area contributed by atoms with Gasteiger partial charge < -0.3 is 9.47 Å². The molecule has 0 amide bonds. The molecule has 0 bridgehead atoms. The number of epoxide rings is 1. The minimum atomic E-state index is 0.340. The van der Waals surface area contributed by atoms with Gasteiger partial charge in [-0.2, -0.15) is 0 Å². The van der Waals surface area contributed by atoms with Gasteiger partial charge in [-0.3, -0.25) is 0 Å². The third-order valence-corrected chi connectivity index (χ3v) is 3.75. The Morgan fingerprint density at radius 3 is 2.35 bits per heavy atom. The highest BCUT2D eigenvalue weighted by atomic mass is 16.6. The highest BCUT2D eigenvalue weighted by molar-refractivity contribution is 5.33. The van der Waals surface area contributed by atoms with E-state index in [1.54, 1.807) is 0 Å². The molecule has 3 rings (SSSR count). The van der Waals surface area contributed by atoms with E-state index < -0.39 is 0 Å². The Balaban J connectivity index is 1.60. The Labute approximate surface area is 120 Å². The summed E-state index contributed by atoms with van der Waals surface area (Å²) in [5, 5.41) is 0. The number of hydrogen-bond donors (Lipinski definition) is 0. The fourth-order valence-electron chi connectivity index (χ4n) is 2.31. The lowest BCUT2D eigenvalue weighted by Gasteiger charge is -2.13. The molecule has 0 aromatic heterocycles. The van der Waals surface area contributed by atoms with Crippen molar-refractivity contribution in [1.29, 1.82) is 0 Å². The maximum absolute atomic E-state index is 5.60. The van der Waals surface area contributed by atoms with Gasteiger partial charge in [0.1, 0.15) is 6.10 Å². The van der Waals surface area contributed by atoms with Gasteiger partial charge >= 0.3 is 0 Å². The molecule has 20 heavy (non-hydrogen) atoms. The molecule has 2 aromatic rings. The van der Waals surface area contributed by atoms with Gasteiger partial charge in [-0.1, -0.05) is 61.5 Å². The average molecular weight is 268 g/mol. The zero-order chi connectivity index (χ0) is 13.8. The first kappa shape index (κ1) is 13.3. The van der Waals surface area contributed by atoms with Crippen molar-refractivity contribution in [1.82, 2.24) is 0 Å². The Morgan fingerprint density at radius 2 is 1.70 bits per heavy atom. The molecule has 2 aromatic carbocycles. The molecule has 1 saturated heterocycles. The van der Waals surface area contributed by atoms with Crippen molar-refractivity contribution < 1.29 is 9.47 Å². The van der Waals surface area contributed by atoms with Crippen LogP contribution in [0.1, 0.15) is 29.5 Å². The molecule has 0 N–H and O–H groups in total. The number of rotatable bonds is 6. The van der Waals surface area contributed by atoms with Crippen molar-refractivity contribution in [2.45, 2.75) is 25.6 Å². The van der Waals surface area contributed by atoms with Crippen LogP contribution in [-0.2, 0) is 16.1 Å². The first-order valence-corrected chi connectivity index (χ1v) is 7.16. The summed E-state index contributed by atoms with van der Waals surface area (Å²) in [5.41, 5.74) is 3.91. The summed E-state index contributed by atoms with van der Waals surface area (Å²) in [4.78, 5) is 0. The summed E-state index contributed by atoms with van der Waals surface area (Å²) in [5.74, 6) is 0.422. The molecule has 1 aliphatic rings. The van der Waals surface area contributed by atoms with Gasteiger partial charge in [0.25, 0.3) is 0 Å². The first-order valence-electron chi connectivity index (χ1n) is 7.16. The van der Waals surface area contributed by atoms with E-state index >= 15 is 0 Å². The van der Waals surface area contributed by atoms with Crippen LogP contribution in [0.3, 0.4) is 0 Å². The third kappa shape index (κ3) is 3.47. The summed E-state index contributed by atoms with van der Waals surface area (Å²) in [6, 6.07) is 19.3. The van der Waals surface area contributed by atoms with Crippen molar-refractivity contribution in [3.8, 4) is 0 Å². The summed E-state index contributed by atoms with van der Waals surface area (Å²) >= 11 is 0. The van der Waals surface area contributed by atoms with Crippen LogP contribution in [-0.4, -0.2) is 19.3 Å². The molecule has 0 spiro atoms. The van der Waals surface area contributed by atoms with Gasteiger partial charge in [0.2, 0.25) is 0 Å². The van der Waals surface area contributed by atoms with Crippen LogP contribution in [0.25, 0.3) is 0 Å². The number of hydrogen-bond acceptors (Lipinski definition) is 2. The van der Waals surface area contributed by atoms with Gasteiger partial charge in [0.05, 0.1) is 19.8 Å². The van der Waals surface area contributed by atoms with Crippen LogP contribution in [0.15, 0.2) is 54.6 Å². The molecule has 104 valence electrons. The van der Waals surface area contributed by atoms with Gasteiger partial charge in [-0.25, -0.2) is 0 Å². The van der Waals surface area contributed by atoms with Crippen LogP contribution in [0.5, 0.6) is 0 Å². The highest BCUT2D eigenvalue weighted by Crippen LogP contribution is 2.24. The molecule has 1 fully saturated rings. The first-order chi connectivity index (χ1) is 9.83. The monoisotopic (exact) mass is 268 g/mol. The standard InChI is InChI=1S/C18H20O2/c1-14(16-5-3-2-4-6-16)17-9-7-15(8-10-17)11-19-12-18-13-20-18/h2-10,14,18H,11-13H2,1H3. The van der Waals surface area contributed by atoms with Gasteiger partial charge in [0.15, 0.2) is 0 Å². The van der Waals surface area contributed by atoms with E-state index in [0.29, 0.717) is 25.2 Å². The van der Waals surface area contributed by atoms with Crippen molar-refractivity contribution in [2.24, 2.45) is 0 Å². The van der Waals surface area contributed by atoms with Gasteiger partial charge in [-0.15, -0.1) is 0 Å². The summed E-state index contributed by atoms with van der Waals surface area (Å²) in [7, 11) is 0. The molecular weight excluding hydrogens is 248 g/mol. The Kier molecular flexibility index (Phi) is 4.14. The predicted octanol–water partition coefficient (Wildman–Crippen LogP) is 3.75. The van der Waals surface area contributed by atoms with E-state index in [9.17, 15) is 0 Å². The zero-order valence-electron chi connectivity index (χ0n) is 11.8. The second-order valence-corrected chi connectivity index (χ2v) is 5.34.